The fourth-order valence-electron chi connectivity index (χ4n) is 2.59. The molecule has 0 amide bonds. The zero-order valence-electron chi connectivity index (χ0n) is 12.8. The predicted molar refractivity (Wildman–Crippen MR) is 83.8 cm³/mol. The first kappa shape index (κ1) is 15.3. The van der Waals surface area contributed by atoms with Gasteiger partial charge >= 0.3 is 0 Å². The van der Waals surface area contributed by atoms with E-state index in [4.69, 9.17) is 10.5 Å². The highest BCUT2D eigenvalue weighted by molar-refractivity contribution is 5.27. The van der Waals surface area contributed by atoms with Crippen LogP contribution in [0.15, 0.2) is 24.3 Å². The molecule has 0 bridgehead atoms. The molecular weight excluding hydrogens is 248 g/mol. The van der Waals surface area contributed by atoms with E-state index < -0.39 is 0 Å². The minimum atomic E-state index is 0.568. The second-order valence-corrected chi connectivity index (χ2v) is 6.30. The zero-order valence-corrected chi connectivity index (χ0v) is 12.8. The third kappa shape index (κ3) is 4.80. The van der Waals surface area contributed by atoms with Crippen molar-refractivity contribution in [3.63, 3.8) is 0 Å². The lowest BCUT2D eigenvalue weighted by atomic mass is 9.97. The van der Waals surface area contributed by atoms with Crippen LogP contribution in [0.4, 0.5) is 0 Å². The van der Waals surface area contributed by atoms with E-state index in [0.717, 1.165) is 31.4 Å². The van der Waals surface area contributed by atoms with Gasteiger partial charge in [0, 0.05) is 6.54 Å². The van der Waals surface area contributed by atoms with Crippen LogP contribution in [0.3, 0.4) is 0 Å². The summed E-state index contributed by atoms with van der Waals surface area (Å²) in [6.07, 6.45) is 2.48. The molecule has 1 fully saturated rings. The average molecular weight is 276 g/mol. The molecule has 0 saturated carbocycles. The largest absolute Gasteiger partial charge is 0.493 e. The molecule has 112 valence electrons. The van der Waals surface area contributed by atoms with Crippen LogP contribution in [-0.4, -0.2) is 31.1 Å². The first-order valence-electron chi connectivity index (χ1n) is 7.81. The van der Waals surface area contributed by atoms with Crippen molar-refractivity contribution in [2.24, 2.45) is 17.6 Å². The molecule has 2 N–H and O–H groups in total. The first-order chi connectivity index (χ1) is 9.67. The Morgan fingerprint density at radius 2 is 1.85 bits per heavy atom. The van der Waals surface area contributed by atoms with E-state index in [0.29, 0.717) is 5.92 Å². The normalized spacial score (nSPS) is 17.6. The van der Waals surface area contributed by atoms with Crippen molar-refractivity contribution in [1.29, 1.82) is 0 Å². The van der Waals surface area contributed by atoms with Crippen LogP contribution in [0.25, 0.3) is 0 Å². The van der Waals surface area contributed by atoms with Gasteiger partial charge in [0.15, 0.2) is 0 Å². The van der Waals surface area contributed by atoms with Gasteiger partial charge in [0.25, 0.3) is 0 Å². The van der Waals surface area contributed by atoms with Gasteiger partial charge in [0.2, 0.25) is 0 Å². The van der Waals surface area contributed by atoms with Crippen molar-refractivity contribution in [3.8, 4) is 5.75 Å². The average Bonchev–Trinajstić information content (AvgIpc) is 2.47. The molecule has 0 spiro atoms. The Morgan fingerprint density at radius 1 is 1.20 bits per heavy atom. The predicted octanol–water partition coefficient (Wildman–Crippen LogP) is 2.89. The van der Waals surface area contributed by atoms with Gasteiger partial charge in [-0.2, -0.15) is 0 Å². The number of hydrogen-bond donors (Lipinski definition) is 1. The standard InChI is InChI=1S/C17H28N2O/c1-14(2)13-20-17-5-3-16(4-6-17)12-19-9-7-15(11-18)8-10-19/h3-6,14-15H,7-13,18H2,1-2H3. The number of benzene rings is 1. The molecular formula is C17H28N2O. The summed E-state index contributed by atoms with van der Waals surface area (Å²) in [5.74, 6) is 2.28. The molecule has 0 unspecified atom stereocenters. The van der Waals surface area contributed by atoms with Gasteiger partial charge in [-0.25, -0.2) is 0 Å². The quantitative estimate of drug-likeness (QED) is 0.868. The molecule has 1 aromatic carbocycles. The summed E-state index contributed by atoms with van der Waals surface area (Å²) >= 11 is 0. The Labute approximate surface area is 123 Å². The second-order valence-electron chi connectivity index (χ2n) is 6.30. The van der Waals surface area contributed by atoms with E-state index in [2.05, 4.69) is 43.0 Å². The van der Waals surface area contributed by atoms with Gasteiger partial charge in [-0.1, -0.05) is 26.0 Å². The summed E-state index contributed by atoms with van der Waals surface area (Å²) < 4.78 is 5.71. The van der Waals surface area contributed by atoms with E-state index in [-0.39, 0.29) is 0 Å². The van der Waals surface area contributed by atoms with Gasteiger partial charge in [0.05, 0.1) is 6.61 Å². The fourth-order valence-corrected chi connectivity index (χ4v) is 2.59. The Hall–Kier alpha value is -1.06. The molecule has 3 nitrogen and oxygen atoms in total. The SMILES string of the molecule is CC(C)COc1ccc(CN2CCC(CN)CC2)cc1. The molecule has 1 aliphatic rings. The van der Waals surface area contributed by atoms with Crippen molar-refractivity contribution in [3.05, 3.63) is 29.8 Å². The van der Waals surface area contributed by atoms with Gasteiger partial charge in [0.1, 0.15) is 5.75 Å². The number of piperidine rings is 1. The van der Waals surface area contributed by atoms with E-state index in [9.17, 15) is 0 Å². The molecule has 1 aliphatic heterocycles. The topological polar surface area (TPSA) is 38.5 Å². The zero-order chi connectivity index (χ0) is 14.4. The molecule has 1 aromatic rings. The highest BCUT2D eigenvalue weighted by atomic mass is 16.5. The van der Waals surface area contributed by atoms with E-state index in [1.165, 1.54) is 31.5 Å². The Kier molecular flexibility index (Phi) is 5.86. The smallest absolute Gasteiger partial charge is 0.119 e. The van der Waals surface area contributed by atoms with Crippen LogP contribution in [0.1, 0.15) is 32.3 Å². The minimum Gasteiger partial charge on any atom is -0.493 e. The van der Waals surface area contributed by atoms with Gasteiger partial charge < -0.3 is 10.5 Å². The van der Waals surface area contributed by atoms with Crippen LogP contribution < -0.4 is 10.5 Å². The maximum atomic E-state index is 5.74. The van der Waals surface area contributed by atoms with E-state index in [1.54, 1.807) is 0 Å². The maximum Gasteiger partial charge on any atom is 0.119 e. The highest BCUT2D eigenvalue weighted by Crippen LogP contribution is 2.19. The highest BCUT2D eigenvalue weighted by Gasteiger charge is 2.17. The van der Waals surface area contributed by atoms with E-state index in [1.807, 2.05) is 0 Å². The summed E-state index contributed by atoms with van der Waals surface area (Å²) in [6, 6.07) is 8.55. The summed E-state index contributed by atoms with van der Waals surface area (Å²) in [5, 5.41) is 0. The number of nitrogens with zero attached hydrogens (tertiary/aromatic N) is 1. The van der Waals surface area contributed by atoms with Gasteiger partial charge in [-0.15, -0.1) is 0 Å². The van der Waals surface area contributed by atoms with Crippen molar-refractivity contribution < 1.29 is 4.74 Å². The number of nitrogens with two attached hydrogens (primary N) is 1. The molecule has 1 heterocycles. The number of hydrogen-bond acceptors (Lipinski definition) is 3. The van der Waals surface area contributed by atoms with Gasteiger partial charge in [-0.05, 0) is 62.0 Å². The van der Waals surface area contributed by atoms with Crippen LogP contribution in [0.2, 0.25) is 0 Å². The Morgan fingerprint density at radius 3 is 2.40 bits per heavy atom. The van der Waals surface area contributed by atoms with Crippen molar-refractivity contribution >= 4 is 0 Å². The Balaban J connectivity index is 1.79. The minimum absolute atomic E-state index is 0.568. The number of likely N-dealkylation sites (tertiary alicyclic amines) is 1. The third-order valence-corrected chi connectivity index (χ3v) is 3.95. The molecule has 1 saturated heterocycles. The van der Waals surface area contributed by atoms with Gasteiger partial charge in [-0.3, -0.25) is 4.90 Å². The molecule has 0 radical (unpaired) electrons. The lowest BCUT2D eigenvalue weighted by molar-refractivity contribution is 0.180. The molecule has 0 atom stereocenters. The summed E-state index contributed by atoms with van der Waals surface area (Å²) in [6.45, 7) is 9.35. The molecule has 2 rings (SSSR count). The number of ether oxygens (including phenoxy) is 1. The van der Waals surface area contributed by atoms with Crippen LogP contribution in [0, 0.1) is 11.8 Å². The van der Waals surface area contributed by atoms with Crippen LogP contribution in [-0.2, 0) is 6.54 Å². The van der Waals surface area contributed by atoms with Crippen molar-refractivity contribution in [2.45, 2.75) is 33.2 Å². The molecule has 0 aliphatic carbocycles. The molecule has 20 heavy (non-hydrogen) atoms. The molecule has 0 aromatic heterocycles. The monoisotopic (exact) mass is 276 g/mol. The van der Waals surface area contributed by atoms with E-state index >= 15 is 0 Å². The second kappa shape index (κ2) is 7.65. The first-order valence-corrected chi connectivity index (χ1v) is 7.81. The summed E-state index contributed by atoms with van der Waals surface area (Å²) in [4.78, 5) is 2.52. The third-order valence-electron chi connectivity index (χ3n) is 3.95. The summed E-state index contributed by atoms with van der Waals surface area (Å²) in [5.41, 5.74) is 7.10. The lowest BCUT2D eigenvalue weighted by Gasteiger charge is -2.31. The van der Waals surface area contributed by atoms with Crippen molar-refractivity contribution in [2.75, 3.05) is 26.2 Å². The molecule has 3 heteroatoms. The number of rotatable bonds is 6. The van der Waals surface area contributed by atoms with Crippen molar-refractivity contribution in [1.82, 2.24) is 4.90 Å². The van der Waals surface area contributed by atoms with Crippen LogP contribution in [0.5, 0.6) is 5.75 Å². The summed E-state index contributed by atoms with van der Waals surface area (Å²) in [7, 11) is 0. The Bertz CT molecular complexity index is 380. The lowest BCUT2D eigenvalue weighted by Crippen LogP contribution is -2.35. The van der Waals surface area contributed by atoms with Crippen LogP contribution >= 0.6 is 0 Å². The maximum absolute atomic E-state index is 5.74. The fraction of sp³-hybridized carbons (Fsp3) is 0.647.